The Bertz CT molecular complexity index is 586. The fourth-order valence-corrected chi connectivity index (χ4v) is 2.47. The predicted molar refractivity (Wildman–Crippen MR) is 82.5 cm³/mol. The molecule has 0 saturated carbocycles. The van der Waals surface area contributed by atoms with E-state index >= 15 is 0 Å². The van der Waals surface area contributed by atoms with Crippen molar-refractivity contribution in [2.24, 2.45) is 0 Å². The third-order valence-corrected chi connectivity index (χ3v) is 3.42. The normalized spacial score (nSPS) is 18.4. The Hall–Kier alpha value is -2.18. The Labute approximate surface area is 135 Å². The number of hydrogen-bond donors (Lipinski definition) is 1. The van der Waals surface area contributed by atoms with E-state index in [9.17, 15) is 14.0 Å². The van der Waals surface area contributed by atoms with Crippen molar-refractivity contribution in [2.45, 2.75) is 45.3 Å². The minimum atomic E-state index is -0.778. The molecule has 0 aromatic carbocycles. The largest absolute Gasteiger partial charge is 0.444 e. The molecule has 126 valence electrons. The number of hydrogen-bond acceptors (Lipinski definition) is 4. The highest BCUT2D eigenvalue weighted by Crippen LogP contribution is 2.16. The summed E-state index contributed by atoms with van der Waals surface area (Å²) in [7, 11) is 0. The van der Waals surface area contributed by atoms with Gasteiger partial charge < -0.3 is 15.0 Å². The van der Waals surface area contributed by atoms with Crippen LogP contribution in [-0.2, 0) is 4.74 Å². The number of alkyl carbamates (subject to hydrolysis) is 1. The number of carbonyl (C=O) groups is 2. The summed E-state index contributed by atoms with van der Waals surface area (Å²) >= 11 is 0. The molecule has 2 amide bonds. The Morgan fingerprint density at radius 3 is 2.83 bits per heavy atom. The molecule has 1 aliphatic rings. The van der Waals surface area contributed by atoms with Crippen molar-refractivity contribution in [3.8, 4) is 0 Å². The molecule has 2 heterocycles. The van der Waals surface area contributed by atoms with Gasteiger partial charge in [-0.25, -0.2) is 9.78 Å². The molecule has 1 saturated heterocycles. The summed E-state index contributed by atoms with van der Waals surface area (Å²) < 4.78 is 18.9. The van der Waals surface area contributed by atoms with E-state index in [1.54, 1.807) is 20.8 Å². The van der Waals surface area contributed by atoms with Gasteiger partial charge in [-0.2, -0.15) is 4.39 Å². The van der Waals surface area contributed by atoms with Gasteiger partial charge in [-0.3, -0.25) is 4.79 Å². The maximum Gasteiger partial charge on any atom is 0.407 e. The van der Waals surface area contributed by atoms with E-state index in [0.29, 0.717) is 13.1 Å². The zero-order chi connectivity index (χ0) is 17.0. The van der Waals surface area contributed by atoms with Crippen molar-refractivity contribution in [3.05, 3.63) is 29.8 Å². The van der Waals surface area contributed by atoms with Crippen LogP contribution in [0.5, 0.6) is 0 Å². The first-order valence-corrected chi connectivity index (χ1v) is 7.65. The predicted octanol–water partition coefficient (Wildman–Crippen LogP) is 2.35. The number of rotatable bonds is 2. The van der Waals surface area contributed by atoms with Crippen LogP contribution in [0.2, 0.25) is 0 Å². The summed E-state index contributed by atoms with van der Waals surface area (Å²) in [5.41, 5.74) is -0.627. The molecule has 7 heteroatoms. The molecule has 1 aromatic rings. The van der Waals surface area contributed by atoms with E-state index in [1.807, 2.05) is 0 Å². The quantitative estimate of drug-likeness (QED) is 0.848. The Morgan fingerprint density at radius 2 is 2.17 bits per heavy atom. The van der Waals surface area contributed by atoms with Crippen LogP contribution in [0.1, 0.15) is 44.0 Å². The molecule has 0 spiro atoms. The second-order valence-electron chi connectivity index (χ2n) is 6.58. The Morgan fingerprint density at radius 1 is 1.43 bits per heavy atom. The van der Waals surface area contributed by atoms with E-state index in [2.05, 4.69) is 10.3 Å². The highest BCUT2D eigenvalue weighted by atomic mass is 19.1. The molecular formula is C16H22FN3O3. The highest BCUT2D eigenvalue weighted by Gasteiger charge is 2.28. The second kappa shape index (κ2) is 6.93. The molecule has 1 fully saturated rings. The first kappa shape index (κ1) is 17.2. The SMILES string of the molecule is CC(C)(C)OC(=O)N[C@@H]1CCCN(C(=O)c2cccnc2F)C1. The average Bonchev–Trinajstić information content (AvgIpc) is 2.45. The minimum absolute atomic E-state index is 0.0505. The molecule has 1 aromatic heterocycles. The van der Waals surface area contributed by atoms with Crippen LogP contribution in [0.3, 0.4) is 0 Å². The monoisotopic (exact) mass is 323 g/mol. The zero-order valence-corrected chi connectivity index (χ0v) is 13.6. The molecule has 1 N–H and O–H groups in total. The Kier molecular flexibility index (Phi) is 5.18. The molecule has 2 rings (SSSR count). The lowest BCUT2D eigenvalue weighted by Gasteiger charge is -2.33. The molecule has 0 radical (unpaired) electrons. The van der Waals surface area contributed by atoms with E-state index in [4.69, 9.17) is 4.74 Å². The number of halogens is 1. The fraction of sp³-hybridized carbons (Fsp3) is 0.562. The number of likely N-dealkylation sites (tertiary alicyclic amines) is 1. The minimum Gasteiger partial charge on any atom is -0.444 e. The standard InChI is InChI=1S/C16H22FN3O3/c1-16(2,3)23-15(22)19-11-6-5-9-20(10-11)14(21)12-7-4-8-18-13(12)17/h4,7-8,11H,5-6,9-10H2,1-3H3,(H,19,22)/t11-/m1/s1. The number of amides is 2. The molecule has 23 heavy (non-hydrogen) atoms. The summed E-state index contributed by atoms with van der Waals surface area (Å²) in [5, 5.41) is 2.76. The van der Waals surface area contributed by atoms with E-state index < -0.39 is 23.5 Å². The van der Waals surface area contributed by atoms with Gasteiger partial charge in [-0.1, -0.05) is 0 Å². The lowest BCUT2D eigenvalue weighted by molar-refractivity contribution is 0.0451. The number of nitrogens with one attached hydrogen (secondary N) is 1. The molecule has 1 aliphatic heterocycles. The van der Waals surface area contributed by atoms with Crippen LogP contribution in [0.15, 0.2) is 18.3 Å². The van der Waals surface area contributed by atoms with E-state index in [0.717, 1.165) is 12.8 Å². The van der Waals surface area contributed by atoms with Gasteiger partial charge in [0.1, 0.15) is 5.60 Å². The molecule has 6 nitrogen and oxygen atoms in total. The summed E-state index contributed by atoms with van der Waals surface area (Å²) in [4.78, 5) is 29.2. The van der Waals surface area contributed by atoms with Gasteiger partial charge in [0.05, 0.1) is 5.56 Å². The summed E-state index contributed by atoms with van der Waals surface area (Å²) in [6.07, 6.45) is 2.27. The number of ether oxygens (including phenoxy) is 1. The van der Waals surface area contributed by atoms with Crippen LogP contribution in [0.25, 0.3) is 0 Å². The first-order valence-electron chi connectivity index (χ1n) is 7.65. The number of carbonyl (C=O) groups excluding carboxylic acids is 2. The average molecular weight is 323 g/mol. The lowest BCUT2D eigenvalue weighted by Crippen LogP contribution is -2.50. The van der Waals surface area contributed by atoms with Gasteiger partial charge in [-0.15, -0.1) is 0 Å². The second-order valence-corrected chi connectivity index (χ2v) is 6.58. The number of pyridine rings is 1. The number of aromatic nitrogens is 1. The molecule has 0 bridgehead atoms. The summed E-state index contributed by atoms with van der Waals surface area (Å²) in [5.74, 6) is -1.19. The smallest absolute Gasteiger partial charge is 0.407 e. The lowest BCUT2D eigenvalue weighted by atomic mass is 10.0. The Balaban J connectivity index is 1.97. The third-order valence-electron chi connectivity index (χ3n) is 3.42. The van der Waals surface area contributed by atoms with Gasteiger partial charge >= 0.3 is 6.09 Å². The van der Waals surface area contributed by atoms with Crippen LogP contribution >= 0.6 is 0 Å². The van der Waals surface area contributed by atoms with Crippen LogP contribution < -0.4 is 5.32 Å². The maximum absolute atomic E-state index is 13.6. The summed E-state index contributed by atoms with van der Waals surface area (Å²) in [6.45, 7) is 6.21. The maximum atomic E-state index is 13.6. The summed E-state index contributed by atoms with van der Waals surface area (Å²) in [6, 6.07) is 2.73. The molecule has 0 aliphatic carbocycles. The van der Waals surface area contributed by atoms with E-state index in [-0.39, 0.29) is 11.6 Å². The van der Waals surface area contributed by atoms with Gasteiger partial charge in [0, 0.05) is 25.3 Å². The van der Waals surface area contributed by atoms with Crippen LogP contribution in [-0.4, -0.2) is 46.6 Å². The van der Waals surface area contributed by atoms with E-state index in [1.165, 1.54) is 23.2 Å². The molecular weight excluding hydrogens is 301 g/mol. The van der Waals surface area contributed by atoms with Gasteiger partial charge in [0.25, 0.3) is 5.91 Å². The van der Waals surface area contributed by atoms with Crippen molar-refractivity contribution >= 4 is 12.0 Å². The van der Waals surface area contributed by atoms with Crippen molar-refractivity contribution in [2.75, 3.05) is 13.1 Å². The zero-order valence-electron chi connectivity index (χ0n) is 13.6. The third kappa shape index (κ3) is 4.91. The number of nitrogens with zero attached hydrogens (tertiary/aromatic N) is 2. The van der Waals surface area contributed by atoms with Gasteiger partial charge in [-0.05, 0) is 45.7 Å². The molecule has 0 unspecified atom stereocenters. The van der Waals surface area contributed by atoms with Crippen molar-refractivity contribution < 1.29 is 18.7 Å². The van der Waals surface area contributed by atoms with Crippen molar-refractivity contribution in [1.82, 2.24) is 15.2 Å². The van der Waals surface area contributed by atoms with Gasteiger partial charge in [0.2, 0.25) is 5.95 Å². The van der Waals surface area contributed by atoms with Crippen molar-refractivity contribution in [3.63, 3.8) is 0 Å². The van der Waals surface area contributed by atoms with Crippen LogP contribution in [0, 0.1) is 5.95 Å². The van der Waals surface area contributed by atoms with Gasteiger partial charge in [0.15, 0.2) is 0 Å². The van der Waals surface area contributed by atoms with Crippen molar-refractivity contribution in [1.29, 1.82) is 0 Å². The topological polar surface area (TPSA) is 71.5 Å². The fourth-order valence-electron chi connectivity index (χ4n) is 2.47. The highest BCUT2D eigenvalue weighted by molar-refractivity contribution is 5.94. The first-order chi connectivity index (χ1) is 10.8. The molecule has 1 atom stereocenters. The number of piperidine rings is 1. The van der Waals surface area contributed by atoms with Crippen LogP contribution in [0.4, 0.5) is 9.18 Å².